The molecule has 0 aliphatic carbocycles. The Balaban J connectivity index is 2.03. The molecule has 0 saturated heterocycles. The average molecular weight is 606 g/mol. The van der Waals surface area contributed by atoms with Gasteiger partial charge in [-0.3, -0.25) is 4.31 Å². The molecule has 0 saturated carbocycles. The lowest BCUT2D eigenvalue weighted by molar-refractivity contribution is -0.240. The van der Waals surface area contributed by atoms with Crippen LogP contribution in [0.15, 0.2) is 88.7 Å². The smallest absolute Gasteiger partial charge is 0.366 e. The van der Waals surface area contributed by atoms with E-state index in [9.17, 15) is 48.3 Å². The van der Waals surface area contributed by atoms with E-state index < -0.39 is 56.3 Å². The molecule has 3 aromatic carbocycles. The van der Waals surface area contributed by atoms with Crippen LogP contribution < -0.4 is 4.31 Å². The molecule has 0 spiro atoms. The minimum Gasteiger partial charge on any atom is -0.366 e. The molecule has 0 aromatic heterocycles. The van der Waals surface area contributed by atoms with Crippen molar-refractivity contribution in [2.75, 3.05) is 17.1 Å². The summed E-state index contributed by atoms with van der Waals surface area (Å²) in [6, 6.07) is 14.2. The van der Waals surface area contributed by atoms with Crippen molar-refractivity contribution < 1.29 is 48.3 Å². The van der Waals surface area contributed by atoms with Gasteiger partial charge in [-0.2, -0.15) is 26.3 Å². The summed E-state index contributed by atoms with van der Waals surface area (Å²) in [6.45, 7) is -1.05. The van der Waals surface area contributed by atoms with E-state index in [1.54, 1.807) is 5.92 Å². The molecule has 0 aliphatic rings. The maximum absolute atomic E-state index is 14.0. The summed E-state index contributed by atoms with van der Waals surface area (Å²) in [5.41, 5.74) is -4.99. The molecule has 14 heteroatoms. The second kappa shape index (κ2) is 11.1. The van der Waals surface area contributed by atoms with Crippen LogP contribution in [0.5, 0.6) is 0 Å². The van der Waals surface area contributed by atoms with Crippen molar-refractivity contribution in [3.63, 3.8) is 0 Å². The molecule has 0 heterocycles. The van der Waals surface area contributed by atoms with Crippen molar-refractivity contribution in [1.29, 1.82) is 0 Å². The Morgan fingerprint density at radius 2 is 1.32 bits per heavy atom. The van der Waals surface area contributed by atoms with Gasteiger partial charge in [-0.05, 0) is 54.5 Å². The fraction of sp³-hybridized carbons (Fsp3) is 0.231. The topological polar surface area (TPSA) is 91.8 Å². The molecule has 0 fully saturated rings. The van der Waals surface area contributed by atoms with Crippen LogP contribution >= 0.6 is 0 Å². The molecular formula is C26H21F6NO5S2. The van der Waals surface area contributed by atoms with Crippen LogP contribution in [0.3, 0.4) is 0 Å². The van der Waals surface area contributed by atoms with Gasteiger partial charge in [-0.25, -0.2) is 16.8 Å². The van der Waals surface area contributed by atoms with Crippen LogP contribution in [0, 0.1) is 11.8 Å². The molecule has 0 radical (unpaired) electrons. The predicted octanol–water partition coefficient (Wildman–Crippen LogP) is 5.04. The highest BCUT2D eigenvalue weighted by atomic mass is 32.2. The Kier molecular flexibility index (Phi) is 8.64. The maximum Gasteiger partial charge on any atom is 0.433 e. The molecule has 214 valence electrons. The Bertz CT molecular complexity index is 1610. The first-order chi connectivity index (χ1) is 18.3. The van der Waals surface area contributed by atoms with Crippen molar-refractivity contribution in [2.24, 2.45) is 0 Å². The summed E-state index contributed by atoms with van der Waals surface area (Å²) in [5.74, 6) is 3.87. The van der Waals surface area contributed by atoms with Crippen LogP contribution in [0.1, 0.15) is 17.5 Å². The molecular weight excluding hydrogens is 584 g/mol. The van der Waals surface area contributed by atoms with E-state index in [0.717, 1.165) is 54.8 Å². The standard InChI is InChI=1S/C26H21F6NO5S2/c1-39(35,36)22-13-7-19(8-14-22)15-16-24(34,26(30,31)32)20-9-11-21(12-10-20)33(18-17-25(27,28)29)40(37,38)23-5-3-2-4-6-23/h2-14,34H,17-18H2,1H3. The highest BCUT2D eigenvalue weighted by Gasteiger charge is 2.54. The fourth-order valence-corrected chi connectivity index (χ4v) is 5.58. The minimum atomic E-state index is -5.35. The molecule has 0 amide bonds. The van der Waals surface area contributed by atoms with Gasteiger partial charge in [0, 0.05) is 23.9 Å². The van der Waals surface area contributed by atoms with E-state index >= 15 is 0 Å². The van der Waals surface area contributed by atoms with Crippen molar-refractivity contribution >= 4 is 25.5 Å². The number of sulfonamides is 1. The first-order valence-corrected chi connectivity index (χ1v) is 14.6. The lowest BCUT2D eigenvalue weighted by Crippen LogP contribution is -2.41. The van der Waals surface area contributed by atoms with Gasteiger partial charge in [0.25, 0.3) is 10.0 Å². The zero-order chi connectivity index (χ0) is 30.0. The molecule has 0 bridgehead atoms. The van der Waals surface area contributed by atoms with E-state index in [-0.39, 0.29) is 21.0 Å². The number of aliphatic hydroxyl groups is 1. The Morgan fingerprint density at radius 3 is 1.80 bits per heavy atom. The van der Waals surface area contributed by atoms with Gasteiger partial charge < -0.3 is 5.11 Å². The lowest BCUT2D eigenvalue weighted by atomic mass is 9.93. The van der Waals surface area contributed by atoms with E-state index in [0.29, 0.717) is 16.4 Å². The van der Waals surface area contributed by atoms with Gasteiger partial charge in [-0.15, -0.1) is 0 Å². The van der Waals surface area contributed by atoms with Crippen LogP contribution in [0.2, 0.25) is 0 Å². The molecule has 0 aliphatic heterocycles. The zero-order valence-corrected chi connectivity index (χ0v) is 22.2. The first kappa shape index (κ1) is 31.0. The molecule has 1 N–H and O–H groups in total. The number of sulfone groups is 1. The highest BCUT2D eigenvalue weighted by Crippen LogP contribution is 2.39. The monoisotopic (exact) mass is 605 g/mol. The van der Waals surface area contributed by atoms with Gasteiger partial charge in [-0.1, -0.05) is 36.3 Å². The quantitative estimate of drug-likeness (QED) is 0.301. The van der Waals surface area contributed by atoms with Crippen LogP contribution in [-0.2, 0) is 25.5 Å². The van der Waals surface area contributed by atoms with Gasteiger partial charge in [0.2, 0.25) is 5.60 Å². The fourth-order valence-electron chi connectivity index (χ4n) is 3.46. The summed E-state index contributed by atoms with van der Waals surface area (Å²) >= 11 is 0. The summed E-state index contributed by atoms with van der Waals surface area (Å²) in [4.78, 5) is -0.430. The van der Waals surface area contributed by atoms with Crippen molar-refractivity contribution in [1.82, 2.24) is 0 Å². The number of halogens is 6. The number of benzene rings is 3. The first-order valence-electron chi connectivity index (χ1n) is 11.2. The zero-order valence-electron chi connectivity index (χ0n) is 20.5. The number of alkyl halides is 6. The summed E-state index contributed by atoms with van der Waals surface area (Å²) in [7, 11) is -8.10. The summed E-state index contributed by atoms with van der Waals surface area (Å²) in [5, 5.41) is 10.6. The van der Waals surface area contributed by atoms with Gasteiger partial charge in [0.1, 0.15) is 0 Å². The van der Waals surface area contributed by atoms with Gasteiger partial charge in [0.15, 0.2) is 9.84 Å². The Morgan fingerprint density at radius 1 is 0.775 bits per heavy atom. The van der Waals surface area contributed by atoms with Crippen molar-refractivity contribution in [2.45, 2.75) is 34.2 Å². The second-order valence-corrected chi connectivity index (χ2v) is 12.4. The molecule has 3 aromatic rings. The largest absolute Gasteiger partial charge is 0.433 e. The summed E-state index contributed by atoms with van der Waals surface area (Å²) < 4.78 is 131. The number of hydrogen-bond acceptors (Lipinski definition) is 5. The number of hydrogen-bond donors (Lipinski definition) is 1. The number of anilines is 1. The van der Waals surface area contributed by atoms with E-state index in [1.807, 2.05) is 0 Å². The van der Waals surface area contributed by atoms with Gasteiger partial charge >= 0.3 is 12.4 Å². The van der Waals surface area contributed by atoms with Crippen LogP contribution in [-0.4, -0.2) is 47.1 Å². The molecule has 6 nitrogen and oxygen atoms in total. The van der Waals surface area contributed by atoms with E-state index in [2.05, 4.69) is 5.92 Å². The molecule has 1 unspecified atom stereocenters. The third-order valence-electron chi connectivity index (χ3n) is 5.58. The third-order valence-corrected chi connectivity index (χ3v) is 8.55. The lowest BCUT2D eigenvalue weighted by Gasteiger charge is -2.28. The summed E-state index contributed by atoms with van der Waals surface area (Å²) in [6.07, 6.45) is -10.7. The number of rotatable bonds is 7. The van der Waals surface area contributed by atoms with E-state index in [1.165, 1.54) is 18.2 Å². The predicted molar refractivity (Wildman–Crippen MR) is 134 cm³/mol. The Hall–Kier alpha value is -3.54. The van der Waals surface area contributed by atoms with Crippen molar-refractivity contribution in [3.8, 4) is 11.8 Å². The second-order valence-electron chi connectivity index (χ2n) is 8.56. The highest BCUT2D eigenvalue weighted by molar-refractivity contribution is 7.92. The van der Waals surface area contributed by atoms with Gasteiger partial charge in [0.05, 0.1) is 21.9 Å². The van der Waals surface area contributed by atoms with E-state index in [4.69, 9.17) is 0 Å². The third kappa shape index (κ3) is 7.15. The SMILES string of the molecule is CS(=O)(=O)c1ccc(C#CC(O)(c2ccc(N(CCC(F)(F)F)S(=O)(=O)c3ccccc3)cc2)C(F)(F)F)cc1. The maximum atomic E-state index is 14.0. The van der Waals surface area contributed by atoms with Crippen LogP contribution in [0.25, 0.3) is 0 Å². The normalized spacial score (nSPS) is 14.1. The number of nitrogens with zero attached hydrogens (tertiary/aromatic N) is 1. The average Bonchev–Trinajstić information content (AvgIpc) is 2.86. The molecule has 1 atom stereocenters. The van der Waals surface area contributed by atoms with Crippen molar-refractivity contribution in [3.05, 3.63) is 90.0 Å². The Labute approximate surface area is 226 Å². The minimum absolute atomic E-state index is 0.0426. The van der Waals surface area contributed by atoms with Crippen LogP contribution in [0.4, 0.5) is 32.0 Å². The molecule has 3 rings (SSSR count). The molecule has 40 heavy (non-hydrogen) atoms.